The molecule has 2 aliphatic carbocycles. The fourth-order valence-corrected chi connectivity index (χ4v) is 6.01. The van der Waals surface area contributed by atoms with E-state index in [1.165, 1.54) is 32.1 Å². The molecule has 3 atom stereocenters. The normalized spacial score (nSPS) is 32.1. The van der Waals surface area contributed by atoms with Gasteiger partial charge in [0.25, 0.3) is 0 Å². The summed E-state index contributed by atoms with van der Waals surface area (Å²) in [6, 6.07) is 2.49. The van der Waals surface area contributed by atoms with Crippen LogP contribution in [-0.2, 0) is 11.3 Å². The molecule has 4 fully saturated rings. The van der Waals surface area contributed by atoms with Crippen LogP contribution in [0.5, 0.6) is 0 Å². The van der Waals surface area contributed by atoms with Crippen molar-refractivity contribution in [3.05, 3.63) is 18.0 Å². The summed E-state index contributed by atoms with van der Waals surface area (Å²) >= 11 is 0. The fourth-order valence-electron chi connectivity index (χ4n) is 6.01. The molecule has 2 saturated heterocycles. The van der Waals surface area contributed by atoms with Gasteiger partial charge in [-0.1, -0.05) is 18.0 Å². The molecule has 2 aliphatic heterocycles. The lowest BCUT2D eigenvalue weighted by molar-refractivity contribution is -0.125. The fraction of sp³-hybridized carbons (Fsp3) is 0.800. The Morgan fingerprint density at radius 1 is 1.29 bits per heavy atom. The first-order valence-corrected chi connectivity index (χ1v) is 10.5. The highest BCUT2D eigenvalue weighted by atomic mass is 127. The van der Waals surface area contributed by atoms with Crippen molar-refractivity contribution in [2.24, 2.45) is 16.3 Å². The van der Waals surface area contributed by atoms with Crippen LogP contribution in [0.25, 0.3) is 0 Å². The Hall–Kier alpha value is -0.870. The minimum Gasteiger partial charge on any atom is -0.377 e. The number of hydrogen-bond acceptors (Lipinski definition) is 5. The van der Waals surface area contributed by atoms with Gasteiger partial charge in [-0.25, -0.2) is 0 Å². The molecule has 0 aromatic carbocycles. The van der Waals surface area contributed by atoms with Gasteiger partial charge in [-0.2, -0.15) is 0 Å². The summed E-state index contributed by atoms with van der Waals surface area (Å²) in [4.78, 5) is 9.50. The third-order valence-electron chi connectivity index (χ3n) is 7.33. The van der Waals surface area contributed by atoms with Gasteiger partial charge in [0.15, 0.2) is 5.96 Å². The Balaban J connectivity index is 0.00000192. The van der Waals surface area contributed by atoms with Gasteiger partial charge >= 0.3 is 0 Å². The lowest BCUT2D eigenvalue weighted by Gasteiger charge is -2.57. The number of halogens is 1. The van der Waals surface area contributed by atoms with E-state index >= 15 is 0 Å². The standard InChI is InChI=1S/C20H31N5O2.HI/c1-21-19(25-10-8-24(9-11-25)14-15-4-13-27-23-15)22-17-16-5-12-26-18(16)20(17)6-2-3-7-20;/h4,13,16-18H,2-3,5-12,14H2,1H3,(H,21,22);1H. The molecular formula is C20H32IN5O2. The van der Waals surface area contributed by atoms with Gasteiger partial charge in [0.1, 0.15) is 6.26 Å². The maximum absolute atomic E-state index is 6.13. The third-order valence-corrected chi connectivity index (χ3v) is 7.33. The number of nitrogens with one attached hydrogen (secondary N) is 1. The van der Waals surface area contributed by atoms with Gasteiger partial charge in [-0.15, -0.1) is 24.0 Å². The van der Waals surface area contributed by atoms with Crippen LogP contribution in [0.4, 0.5) is 0 Å². The van der Waals surface area contributed by atoms with Crippen LogP contribution in [0.1, 0.15) is 37.8 Å². The number of fused-ring (bicyclic) bond motifs is 2. The van der Waals surface area contributed by atoms with Crippen molar-refractivity contribution < 1.29 is 9.26 Å². The second-order valence-electron chi connectivity index (χ2n) is 8.61. The largest absolute Gasteiger partial charge is 0.377 e. The lowest BCUT2D eigenvalue weighted by Crippen LogP contribution is -2.70. The number of guanidine groups is 1. The van der Waals surface area contributed by atoms with Crippen molar-refractivity contribution in [1.29, 1.82) is 0 Å². The predicted octanol–water partition coefficient (Wildman–Crippen LogP) is 2.33. The van der Waals surface area contributed by atoms with Crippen molar-refractivity contribution in [2.75, 3.05) is 39.8 Å². The summed E-state index contributed by atoms with van der Waals surface area (Å²) in [6.07, 6.45) is 8.67. The Morgan fingerprint density at radius 3 is 2.75 bits per heavy atom. The van der Waals surface area contributed by atoms with Crippen molar-refractivity contribution >= 4 is 29.9 Å². The summed E-state index contributed by atoms with van der Waals surface area (Å²) < 4.78 is 11.1. The van der Waals surface area contributed by atoms with E-state index in [2.05, 4.69) is 25.3 Å². The van der Waals surface area contributed by atoms with E-state index in [0.29, 0.717) is 23.5 Å². The maximum Gasteiger partial charge on any atom is 0.193 e. The Bertz CT molecular complexity index is 668. The second kappa shape index (κ2) is 8.47. The number of piperazine rings is 1. The Morgan fingerprint density at radius 2 is 2.07 bits per heavy atom. The average molecular weight is 501 g/mol. The van der Waals surface area contributed by atoms with Crippen LogP contribution >= 0.6 is 24.0 Å². The molecule has 28 heavy (non-hydrogen) atoms. The Kier molecular flexibility index (Phi) is 6.17. The van der Waals surface area contributed by atoms with E-state index < -0.39 is 0 Å². The van der Waals surface area contributed by atoms with Gasteiger partial charge in [-0.3, -0.25) is 9.89 Å². The molecule has 0 radical (unpaired) electrons. The van der Waals surface area contributed by atoms with E-state index in [9.17, 15) is 0 Å². The van der Waals surface area contributed by atoms with Gasteiger partial charge < -0.3 is 19.5 Å². The minimum absolute atomic E-state index is 0. The van der Waals surface area contributed by atoms with Crippen molar-refractivity contribution in [2.45, 2.75) is 50.8 Å². The van der Waals surface area contributed by atoms with E-state index in [1.54, 1.807) is 6.26 Å². The summed E-state index contributed by atoms with van der Waals surface area (Å²) in [7, 11) is 1.92. The zero-order valence-corrected chi connectivity index (χ0v) is 19.0. The molecule has 7 nitrogen and oxygen atoms in total. The molecule has 156 valence electrons. The summed E-state index contributed by atoms with van der Waals surface area (Å²) in [5, 5.41) is 7.92. The van der Waals surface area contributed by atoms with Gasteiger partial charge in [0.2, 0.25) is 0 Å². The molecule has 2 saturated carbocycles. The zero-order valence-electron chi connectivity index (χ0n) is 16.7. The zero-order chi connectivity index (χ0) is 18.3. The summed E-state index contributed by atoms with van der Waals surface area (Å²) in [5.74, 6) is 1.76. The van der Waals surface area contributed by atoms with Crippen LogP contribution in [0, 0.1) is 11.3 Å². The minimum atomic E-state index is 0. The molecular weight excluding hydrogens is 469 g/mol. The van der Waals surface area contributed by atoms with Gasteiger partial charge in [-0.05, 0) is 19.3 Å². The molecule has 4 aliphatic rings. The van der Waals surface area contributed by atoms with E-state index in [1.807, 2.05) is 13.1 Å². The highest BCUT2D eigenvalue weighted by molar-refractivity contribution is 14.0. The average Bonchev–Trinajstić information content (AvgIpc) is 3.44. The monoisotopic (exact) mass is 501 g/mol. The van der Waals surface area contributed by atoms with Crippen molar-refractivity contribution in [1.82, 2.24) is 20.3 Å². The van der Waals surface area contributed by atoms with Crippen LogP contribution in [0.2, 0.25) is 0 Å². The highest BCUT2D eigenvalue weighted by Crippen LogP contribution is 2.60. The molecule has 3 heterocycles. The number of aromatic nitrogens is 1. The first-order chi connectivity index (χ1) is 13.3. The Labute approximate surface area is 184 Å². The first-order valence-electron chi connectivity index (χ1n) is 10.5. The smallest absolute Gasteiger partial charge is 0.193 e. The molecule has 1 aromatic rings. The molecule has 8 heteroatoms. The topological polar surface area (TPSA) is 66.1 Å². The quantitative estimate of drug-likeness (QED) is 0.390. The van der Waals surface area contributed by atoms with E-state index in [-0.39, 0.29) is 24.0 Å². The number of hydrogen-bond donors (Lipinski definition) is 1. The van der Waals surface area contributed by atoms with Crippen LogP contribution in [0.15, 0.2) is 21.8 Å². The molecule has 1 spiro atoms. The molecule has 5 rings (SSSR count). The van der Waals surface area contributed by atoms with E-state index in [0.717, 1.165) is 51.0 Å². The number of aliphatic imine (C=N–C) groups is 1. The van der Waals surface area contributed by atoms with Crippen LogP contribution in [0.3, 0.4) is 0 Å². The SMILES string of the molecule is CN=C(NC1C2CCOC2C12CCCC2)N1CCN(Cc2ccon2)CC1.I. The molecule has 0 bridgehead atoms. The summed E-state index contributed by atoms with van der Waals surface area (Å²) in [5.41, 5.74) is 1.38. The number of rotatable bonds is 3. The molecule has 3 unspecified atom stereocenters. The summed E-state index contributed by atoms with van der Waals surface area (Å²) in [6.45, 7) is 5.86. The third kappa shape index (κ3) is 3.45. The predicted molar refractivity (Wildman–Crippen MR) is 118 cm³/mol. The van der Waals surface area contributed by atoms with Crippen LogP contribution in [-0.4, -0.2) is 72.9 Å². The molecule has 1 aromatic heterocycles. The highest BCUT2D eigenvalue weighted by Gasteiger charge is 2.65. The van der Waals surface area contributed by atoms with E-state index in [4.69, 9.17) is 9.26 Å². The van der Waals surface area contributed by atoms with Crippen molar-refractivity contribution in [3.63, 3.8) is 0 Å². The maximum atomic E-state index is 6.13. The van der Waals surface area contributed by atoms with Crippen molar-refractivity contribution in [3.8, 4) is 0 Å². The molecule has 1 N–H and O–H groups in total. The van der Waals surface area contributed by atoms with Gasteiger partial charge in [0.05, 0.1) is 11.8 Å². The van der Waals surface area contributed by atoms with Crippen LogP contribution < -0.4 is 5.32 Å². The first kappa shape index (κ1) is 20.4. The second-order valence-corrected chi connectivity index (χ2v) is 8.61. The number of nitrogens with zero attached hydrogens (tertiary/aromatic N) is 4. The van der Waals surface area contributed by atoms with Gasteiger partial charge in [0, 0.05) is 69.8 Å². The molecule has 0 amide bonds. The number of ether oxygens (including phenoxy) is 1. The lowest BCUT2D eigenvalue weighted by atomic mass is 9.54.